The molecule has 14 nitrogen and oxygen atoms in total. The summed E-state index contributed by atoms with van der Waals surface area (Å²) < 4.78 is 23.2. The number of aromatic nitrogens is 3. The third-order valence-electron chi connectivity index (χ3n) is 7.48. The molecular weight excluding hydrogens is 550 g/mol. The number of aliphatic hydroxyl groups excluding tert-OH is 2. The molecular formula is C28H39N5O9. The van der Waals surface area contributed by atoms with Crippen molar-refractivity contribution >= 4 is 35.6 Å². The number of nitrogens with one attached hydrogen (secondary N) is 1. The van der Waals surface area contributed by atoms with Gasteiger partial charge in [0.2, 0.25) is 6.79 Å². The number of hydrogen-bond donors (Lipinski definition) is 3. The number of aliphatic imine (C=N–C) groups is 1. The molecule has 4 rings (SSSR count). The molecule has 1 amide bonds. The molecule has 1 aliphatic heterocycles. The Labute approximate surface area is 243 Å². The second kappa shape index (κ2) is 13.1. The molecule has 0 bridgehead atoms. The number of ether oxygens (including phenoxy) is 4. The Balaban J connectivity index is 1.53. The van der Waals surface area contributed by atoms with Gasteiger partial charge in [-0.3, -0.25) is 19.9 Å². The highest BCUT2D eigenvalue weighted by molar-refractivity contribution is 5.89. The van der Waals surface area contributed by atoms with E-state index in [4.69, 9.17) is 18.9 Å². The van der Waals surface area contributed by atoms with Crippen LogP contribution in [0.2, 0.25) is 0 Å². The van der Waals surface area contributed by atoms with Gasteiger partial charge in [-0.1, -0.05) is 19.3 Å². The van der Waals surface area contributed by atoms with E-state index in [1.165, 1.54) is 24.1 Å². The van der Waals surface area contributed by atoms with Gasteiger partial charge in [-0.15, -0.1) is 0 Å². The van der Waals surface area contributed by atoms with Crippen molar-refractivity contribution in [3.05, 3.63) is 24.2 Å². The first kappa shape index (κ1) is 31.3. The zero-order valence-corrected chi connectivity index (χ0v) is 24.3. The van der Waals surface area contributed by atoms with Crippen LogP contribution in [0.1, 0.15) is 65.0 Å². The van der Waals surface area contributed by atoms with Crippen molar-refractivity contribution in [1.82, 2.24) is 14.6 Å². The van der Waals surface area contributed by atoms with E-state index >= 15 is 0 Å². The van der Waals surface area contributed by atoms with E-state index < -0.39 is 60.8 Å². The van der Waals surface area contributed by atoms with Crippen LogP contribution in [0.25, 0.3) is 5.52 Å². The predicted octanol–water partition coefficient (Wildman–Crippen LogP) is 2.35. The molecule has 230 valence electrons. The molecule has 42 heavy (non-hydrogen) atoms. The molecule has 0 aromatic carbocycles. The lowest BCUT2D eigenvalue weighted by Gasteiger charge is -2.28. The molecule has 0 radical (unpaired) electrons. The Kier molecular flexibility index (Phi) is 9.79. The Bertz CT molecular complexity index is 1300. The molecule has 0 unspecified atom stereocenters. The molecule has 1 aliphatic carbocycles. The summed E-state index contributed by atoms with van der Waals surface area (Å²) in [5.41, 5.74) is -1.81. The molecule has 2 aromatic rings. The maximum Gasteiger partial charge on any atom is 0.415 e. The molecule has 2 aliphatic rings. The summed E-state index contributed by atoms with van der Waals surface area (Å²) in [6.45, 7) is 3.91. The van der Waals surface area contributed by atoms with Crippen LogP contribution in [0, 0.1) is 11.3 Å². The van der Waals surface area contributed by atoms with Crippen molar-refractivity contribution < 1.29 is 43.5 Å². The smallest absolute Gasteiger partial charge is 0.415 e. The number of nitrogens with zero attached hydrogens (tertiary/aromatic N) is 4. The predicted molar refractivity (Wildman–Crippen MR) is 149 cm³/mol. The van der Waals surface area contributed by atoms with Gasteiger partial charge in [0.15, 0.2) is 17.5 Å². The number of carbonyl (C=O) groups is 3. The Morgan fingerprint density at radius 1 is 1.21 bits per heavy atom. The van der Waals surface area contributed by atoms with E-state index in [1.54, 1.807) is 32.9 Å². The fourth-order valence-corrected chi connectivity index (χ4v) is 5.33. The maximum atomic E-state index is 12.8. The van der Waals surface area contributed by atoms with Crippen LogP contribution in [-0.4, -0.2) is 87.8 Å². The highest BCUT2D eigenvalue weighted by Crippen LogP contribution is 2.41. The average Bonchev–Trinajstić information content (AvgIpc) is 3.49. The number of fused-ring (bicyclic) bond motifs is 1. The third-order valence-corrected chi connectivity index (χ3v) is 7.48. The van der Waals surface area contributed by atoms with Crippen molar-refractivity contribution in [2.45, 2.75) is 83.2 Å². The van der Waals surface area contributed by atoms with Crippen molar-refractivity contribution in [1.29, 1.82) is 0 Å². The van der Waals surface area contributed by atoms with E-state index in [1.807, 2.05) is 0 Å². The lowest BCUT2D eigenvalue weighted by atomic mass is 9.87. The van der Waals surface area contributed by atoms with Crippen LogP contribution in [0.3, 0.4) is 0 Å². The summed E-state index contributed by atoms with van der Waals surface area (Å²) in [5.74, 6) is -0.700. The lowest BCUT2D eigenvalue weighted by Crippen LogP contribution is -2.45. The Morgan fingerprint density at radius 3 is 2.62 bits per heavy atom. The Morgan fingerprint density at radius 2 is 1.95 bits per heavy atom. The summed E-state index contributed by atoms with van der Waals surface area (Å²) in [6.07, 6.45) is 3.42. The van der Waals surface area contributed by atoms with Gasteiger partial charge in [0.1, 0.15) is 24.1 Å². The van der Waals surface area contributed by atoms with Crippen molar-refractivity contribution in [3.63, 3.8) is 0 Å². The number of amides is 1. The number of rotatable bonds is 9. The maximum absolute atomic E-state index is 12.8. The molecule has 1 saturated heterocycles. The highest BCUT2D eigenvalue weighted by Gasteiger charge is 2.58. The number of esters is 2. The minimum absolute atomic E-state index is 0.0636. The first-order valence-corrected chi connectivity index (χ1v) is 14.0. The summed E-state index contributed by atoms with van der Waals surface area (Å²) in [6, 6.07) is 3.18. The van der Waals surface area contributed by atoms with Gasteiger partial charge in [0.05, 0.1) is 17.7 Å². The summed E-state index contributed by atoms with van der Waals surface area (Å²) >= 11 is 0. The SMILES string of the molecule is CN=C[C@@]1(c2ccc3c(NC(=O)OCOC(=O)C(C)(C)C)ncnn23)O[C@H](CO)[C@@H](OC(=O)CC2CCCCC2)[C@H]1O. The van der Waals surface area contributed by atoms with Gasteiger partial charge >= 0.3 is 18.0 Å². The lowest BCUT2D eigenvalue weighted by molar-refractivity contribution is -0.161. The van der Waals surface area contributed by atoms with Crippen LogP contribution in [0.4, 0.5) is 10.6 Å². The average molecular weight is 590 g/mol. The van der Waals surface area contributed by atoms with E-state index in [0.29, 0.717) is 5.52 Å². The van der Waals surface area contributed by atoms with Crippen molar-refractivity contribution in [2.75, 3.05) is 25.8 Å². The molecule has 0 spiro atoms. The number of hydrogen-bond acceptors (Lipinski definition) is 12. The minimum atomic E-state index is -1.66. The first-order chi connectivity index (χ1) is 20.0. The van der Waals surface area contributed by atoms with Crippen molar-refractivity contribution in [2.24, 2.45) is 16.3 Å². The topological polar surface area (TPSA) is 183 Å². The fourth-order valence-electron chi connectivity index (χ4n) is 5.33. The van der Waals surface area contributed by atoms with Gasteiger partial charge in [-0.05, 0) is 51.7 Å². The largest absolute Gasteiger partial charge is 0.457 e. The van der Waals surface area contributed by atoms with Crippen LogP contribution in [0.15, 0.2) is 23.5 Å². The van der Waals surface area contributed by atoms with Crippen LogP contribution in [0.5, 0.6) is 0 Å². The summed E-state index contributed by atoms with van der Waals surface area (Å²) in [5, 5.41) is 28.4. The zero-order valence-electron chi connectivity index (χ0n) is 24.3. The molecule has 3 N–H and O–H groups in total. The number of anilines is 1. The second-order valence-electron chi connectivity index (χ2n) is 11.6. The van der Waals surface area contributed by atoms with Gasteiger partial charge in [0.25, 0.3) is 0 Å². The van der Waals surface area contributed by atoms with E-state index in [0.717, 1.165) is 32.1 Å². The fraction of sp³-hybridized carbons (Fsp3) is 0.643. The number of aliphatic hydroxyl groups is 2. The highest BCUT2D eigenvalue weighted by atomic mass is 16.7. The monoisotopic (exact) mass is 589 g/mol. The van der Waals surface area contributed by atoms with Gasteiger partial charge in [-0.25, -0.2) is 14.3 Å². The van der Waals surface area contributed by atoms with Crippen molar-refractivity contribution in [3.8, 4) is 0 Å². The van der Waals surface area contributed by atoms with E-state index in [-0.39, 0.29) is 23.9 Å². The Hall–Kier alpha value is -3.62. The normalized spacial score (nSPS) is 25.0. The minimum Gasteiger partial charge on any atom is -0.457 e. The van der Waals surface area contributed by atoms with E-state index in [2.05, 4.69) is 20.4 Å². The number of carbonyl (C=O) groups excluding carboxylic acids is 3. The van der Waals surface area contributed by atoms with Crippen LogP contribution < -0.4 is 5.32 Å². The molecule has 2 fully saturated rings. The van der Waals surface area contributed by atoms with Gasteiger partial charge in [0, 0.05) is 19.7 Å². The second-order valence-corrected chi connectivity index (χ2v) is 11.6. The third kappa shape index (κ3) is 6.71. The molecule has 3 heterocycles. The van der Waals surface area contributed by atoms with Gasteiger partial charge < -0.3 is 29.2 Å². The quantitative estimate of drug-likeness (QED) is 0.222. The molecule has 4 atom stereocenters. The standard InChI is InChI=1S/C28H39N5O9/c1-27(2,3)25(37)39-16-40-26(38)32-24-18-10-11-20(33(18)31-15-30-24)28(14-29-4)23(36)22(19(13-34)42-28)41-21(35)12-17-8-6-5-7-9-17/h10-11,14-15,17,19,22-23,34,36H,5-9,12-13,16H2,1-4H3,(H,30,31,32,38)/t19-,22-,23-,28+/m1/s1. The van der Waals surface area contributed by atoms with E-state index in [9.17, 15) is 24.6 Å². The molecule has 14 heteroatoms. The van der Waals surface area contributed by atoms with Crippen LogP contribution >= 0.6 is 0 Å². The first-order valence-electron chi connectivity index (χ1n) is 14.0. The summed E-state index contributed by atoms with van der Waals surface area (Å²) in [4.78, 5) is 45.3. The zero-order chi connectivity index (χ0) is 30.5. The van der Waals surface area contributed by atoms with Gasteiger partial charge in [-0.2, -0.15) is 5.10 Å². The molecule has 1 saturated carbocycles. The summed E-state index contributed by atoms with van der Waals surface area (Å²) in [7, 11) is 1.49. The molecule has 2 aromatic heterocycles. The van der Waals surface area contributed by atoms with Crippen LogP contribution in [-0.2, 0) is 34.1 Å².